The summed E-state index contributed by atoms with van der Waals surface area (Å²) >= 11 is 1.64. The average molecular weight is 382 g/mol. The zero-order chi connectivity index (χ0) is 19.0. The molecule has 0 spiro atoms. The number of rotatable bonds is 4. The zero-order valence-corrected chi connectivity index (χ0v) is 16.2. The summed E-state index contributed by atoms with van der Waals surface area (Å²) in [7, 11) is 0. The Morgan fingerprint density at radius 3 is 3.00 bits per heavy atom. The minimum atomic E-state index is 0.230. The largest absolute Gasteiger partial charge is 0.405 e. The van der Waals surface area contributed by atoms with Crippen LogP contribution >= 0.6 is 11.9 Å². The topological polar surface area (TPSA) is 93.0 Å². The van der Waals surface area contributed by atoms with Gasteiger partial charge in [0, 0.05) is 36.0 Å². The summed E-state index contributed by atoms with van der Waals surface area (Å²) in [5.41, 5.74) is 8.09. The summed E-state index contributed by atoms with van der Waals surface area (Å²) in [5, 5.41) is 10.4. The van der Waals surface area contributed by atoms with Crippen molar-refractivity contribution < 1.29 is 4.74 Å². The lowest BCUT2D eigenvalue weighted by molar-refractivity contribution is 0.0987. The summed E-state index contributed by atoms with van der Waals surface area (Å²) in [4.78, 5) is 11.7. The van der Waals surface area contributed by atoms with E-state index in [1.54, 1.807) is 18.1 Å². The van der Waals surface area contributed by atoms with Crippen molar-refractivity contribution >= 4 is 45.3 Å². The van der Waals surface area contributed by atoms with Gasteiger partial charge >= 0.3 is 0 Å². The lowest BCUT2D eigenvalue weighted by Crippen LogP contribution is -2.44. The number of pyridine rings is 2. The first-order valence-corrected chi connectivity index (χ1v) is 9.99. The summed E-state index contributed by atoms with van der Waals surface area (Å²) in [6, 6.07) is 4.31. The number of nitrogens with one attached hydrogen (secondary N) is 1. The van der Waals surface area contributed by atoms with Gasteiger partial charge in [-0.3, -0.25) is 14.4 Å². The molecule has 8 heteroatoms. The van der Waals surface area contributed by atoms with Crippen LogP contribution in [0.15, 0.2) is 36.8 Å². The molecule has 0 unspecified atom stereocenters. The van der Waals surface area contributed by atoms with Crippen LogP contribution in [-0.4, -0.2) is 51.7 Å². The number of hydrogen-bond acceptors (Lipinski definition) is 7. The van der Waals surface area contributed by atoms with E-state index in [1.165, 1.54) is 12.3 Å². The molecule has 1 aliphatic rings. The molecule has 0 aliphatic carbocycles. The van der Waals surface area contributed by atoms with E-state index in [4.69, 9.17) is 20.9 Å². The Kier molecular flexibility index (Phi) is 4.75. The van der Waals surface area contributed by atoms with Crippen LogP contribution in [0.25, 0.3) is 21.8 Å². The second-order valence-corrected chi connectivity index (χ2v) is 7.23. The van der Waals surface area contributed by atoms with Gasteiger partial charge < -0.3 is 15.4 Å². The lowest BCUT2D eigenvalue weighted by atomic mass is 10.1. The number of aromatic nitrogens is 3. The summed E-state index contributed by atoms with van der Waals surface area (Å²) in [6.45, 7) is 4.29. The van der Waals surface area contributed by atoms with Crippen LogP contribution in [-0.2, 0) is 4.74 Å². The standard InChI is InChI=1S/C19H22N6OS/c1-12-11-26-10-9-24(12)19-14-5-8-25(27-2)18(14)13-4-7-22-17(16(13)23-19)15(21)3-6-20/h3-8,12,21H,9-11,20H2,1-2H3/b6-3-,21-15?/t12-/m1/s1. The summed E-state index contributed by atoms with van der Waals surface area (Å²) in [5.74, 6) is 0.917. The van der Waals surface area contributed by atoms with Gasteiger partial charge in [0.25, 0.3) is 0 Å². The monoisotopic (exact) mass is 382 g/mol. The molecular formula is C19H22N6OS. The van der Waals surface area contributed by atoms with Gasteiger partial charge in [-0.2, -0.15) is 0 Å². The number of ether oxygens (including phenoxy) is 1. The predicted molar refractivity (Wildman–Crippen MR) is 112 cm³/mol. The molecule has 0 bridgehead atoms. The molecule has 0 aromatic carbocycles. The third kappa shape index (κ3) is 2.94. The van der Waals surface area contributed by atoms with Crippen molar-refractivity contribution in [2.75, 3.05) is 30.9 Å². The fourth-order valence-electron chi connectivity index (χ4n) is 3.57. The van der Waals surface area contributed by atoms with Crippen LogP contribution in [0.2, 0.25) is 0 Å². The first-order valence-electron chi connectivity index (χ1n) is 8.81. The van der Waals surface area contributed by atoms with E-state index in [-0.39, 0.29) is 11.8 Å². The Morgan fingerprint density at radius 2 is 2.26 bits per heavy atom. The van der Waals surface area contributed by atoms with E-state index in [1.807, 2.05) is 12.3 Å². The van der Waals surface area contributed by atoms with Crippen LogP contribution in [0, 0.1) is 5.41 Å². The highest BCUT2D eigenvalue weighted by atomic mass is 32.2. The van der Waals surface area contributed by atoms with Gasteiger partial charge in [-0.25, -0.2) is 4.98 Å². The van der Waals surface area contributed by atoms with Crippen molar-refractivity contribution in [2.45, 2.75) is 13.0 Å². The molecule has 3 aromatic rings. The molecule has 7 nitrogen and oxygen atoms in total. The third-order valence-electron chi connectivity index (χ3n) is 4.84. The molecule has 4 rings (SSSR count). The van der Waals surface area contributed by atoms with E-state index in [0.717, 1.165) is 34.2 Å². The highest BCUT2D eigenvalue weighted by Gasteiger charge is 2.25. The molecule has 0 saturated carbocycles. The van der Waals surface area contributed by atoms with E-state index in [2.05, 4.69) is 33.0 Å². The Bertz CT molecular complexity index is 1040. The van der Waals surface area contributed by atoms with Crippen LogP contribution in [0.5, 0.6) is 0 Å². The molecule has 1 fully saturated rings. The Labute approximate surface area is 161 Å². The molecular weight excluding hydrogens is 360 g/mol. The van der Waals surface area contributed by atoms with Crippen molar-refractivity contribution in [1.82, 2.24) is 13.9 Å². The fraction of sp³-hybridized carbons (Fsp3) is 0.316. The molecule has 3 aromatic heterocycles. The highest BCUT2D eigenvalue weighted by molar-refractivity contribution is 7.97. The van der Waals surface area contributed by atoms with Gasteiger partial charge in [-0.15, -0.1) is 0 Å². The van der Waals surface area contributed by atoms with Gasteiger partial charge in [-0.05, 0) is 43.3 Å². The number of anilines is 1. The lowest BCUT2D eigenvalue weighted by Gasteiger charge is -2.35. The minimum Gasteiger partial charge on any atom is -0.405 e. The molecule has 1 saturated heterocycles. The number of nitrogens with two attached hydrogens (primary N) is 1. The van der Waals surface area contributed by atoms with Crippen molar-refractivity contribution in [3.63, 3.8) is 0 Å². The van der Waals surface area contributed by atoms with Crippen LogP contribution in [0.3, 0.4) is 0 Å². The second-order valence-electron chi connectivity index (χ2n) is 6.47. The number of nitrogens with zero attached hydrogens (tertiary/aromatic N) is 4. The van der Waals surface area contributed by atoms with Crippen LogP contribution in [0.4, 0.5) is 5.82 Å². The van der Waals surface area contributed by atoms with Crippen LogP contribution in [0.1, 0.15) is 12.6 Å². The number of allylic oxidation sites excluding steroid dienone is 1. The SMILES string of the molecule is CSn1ccc2c(N3CCOC[C@H]3C)nc3c(C(=N)/C=C\N)nccc3c21. The Balaban J connectivity index is 2.06. The second kappa shape index (κ2) is 7.21. The maximum atomic E-state index is 8.32. The molecule has 0 radical (unpaired) electrons. The van der Waals surface area contributed by atoms with E-state index in [0.29, 0.717) is 18.9 Å². The minimum absolute atomic E-state index is 0.230. The van der Waals surface area contributed by atoms with E-state index in [9.17, 15) is 0 Å². The van der Waals surface area contributed by atoms with Crippen molar-refractivity contribution in [3.8, 4) is 0 Å². The Hall–Kier alpha value is -2.58. The Morgan fingerprint density at radius 1 is 1.41 bits per heavy atom. The average Bonchev–Trinajstić information content (AvgIpc) is 3.12. The zero-order valence-electron chi connectivity index (χ0n) is 15.3. The molecule has 27 heavy (non-hydrogen) atoms. The van der Waals surface area contributed by atoms with E-state index < -0.39 is 0 Å². The molecule has 4 heterocycles. The quantitative estimate of drug-likeness (QED) is 0.674. The number of hydrogen-bond donors (Lipinski definition) is 2. The maximum absolute atomic E-state index is 8.32. The van der Waals surface area contributed by atoms with Gasteiger partial charge in [0.05, 0.1) is 30.5 Å². The van der Waals surface area contributed by atoms with Crippen molar-refractivity contribution in [3.05, 3.63) is 42.5 Å². The molecule has 0 amide bonds. The molecule has 3 N–H and O–H groups in total. The van der Waals surface area contributed by atoms with Gasteiger partial charge in [0.2, 0.25) is 0 Å². The summed E-state index contributed by atoms with van der Waals surface area (Å²) in [6.07, 6.45) is 8.74. The highest BCUT2D eigenvalue weighted by Crippen LogP contribution is 2.35. The third-order valence-corrected chi connectivity index (χ3v) is 5.54. The predicted octanol–water partition coefficient (Wildman–Crippen LogP) is 2.78. The maximum Gasteiger partial charge on any atom is 0.139 e. The number of fused-ring (bicyclic) bond motifs is 3. The van der Waals surface area contributed by atoms with Crippen LogP contribution < -0.4 is 10.6 Å². The molecule has 140 valence electrons. The van der Waals surface area contributed by atoms with E-state index >= 15 is 0 Å². The first kappa shape index (κ1) is 17.8. The van der Waals surface area contributed by atoms with Gasteiger partial charge in [0.15, 0.2) is 0 Å². The van der Waals surface area contributed by atoms with Gasteiger partial charge in [0.1, 0.15) is 17.0 Å². The van der Waals surface area contributed by atoms with Crippen molar-refractivity contribution in [2.24, 2.45) is 5.73 Å². The molecule has 1 aliphatic heterocycles. The fourth-order valence-corrected chi connectivity index (χ4v) is 4.13. The first-order chi connectivity index (χ1) is 13.2. The molecule has 1 atom stereocenters. The van der Waals surface area contributed by atoms with Crippen molar-refractivity contribution in [1.29, 1.82) is 5.41 Å². The smallest absolute Gasteiger partial charge is 0.139 e. The number of morpholine rings is 1. The normalized spacial score (nSPS) is 18.0. The van der Waals surface area contributed by atoms with Gasteiger partial charge in [-0.1, -0.05) is 0 Å². The summed E-state index contributed by atoms with van der Waals surface area (Å²) < 4.78 is 7.74.